The number of hydrogen-bond acceptors (Lipinski definition) is 5. The lowest BCUT2D eigenvalue weighted by Crippen LogP contribution is -2.14. The van der Waals surface area contributed by atoms with Crippen molar-refractivity contribution < 1.29 is 19.6 Å². The molecule has 9 heteroatoms. The van der Waals surface area contributed by atoms with Gasteiger partial charge in [-0.05, 0) is 23.8 Å². The number of carboxylic acids is 1. The zero-order valence-corrected chi connectivity index (χ0v) is 13.7. The van der Waals surface area contributed by atoms with Crippen molar-refractivity contribution in [3.63, 3.8) is 0 Å². The summed E-state index contributed by atoms with van der Waals surface area (Å²) in [7, 11) is 0. The molecule has 0 bridgehead atoms. The maximum Gasteiger partial charge on any atom is 0.336 e. The first-order chi connectivity index (χ1) is 12.3. The highest BCUT2D eigenvalue weighted by Gasteiger charge is 2.16. The average molecular weight is 372 g/mol. The first-order valence-corrected chi connectivity index (χ1v) is 7.40. The molecule has 0 radical (unpaired) electrons. The third-order valence-electron chi connectivity index (χ3n) is 3.27. The Labute approximate surface area is 152 Å². The van der Waals surface area contributed by atoms with Crippen molar-refractivity contribution in [3.05, 3.63) is 74.3 Å². The van der Waals surface area contributed by atoms with E-state index in [4.69, 9.17) is 16.7 Å². The number of nitro benzene ring substituents is 1. The Morgan fingerprint density at radius 3 is 2.58 bits per heavy atom. The summed E-state index contributed by atoms with van der Waals surface area (Å²) in [6.45, 7) is 0. The van der Waals surface area contributed by atoms with Crippen molar-refractivity contribution in [1.29, 1.82) is 5.26 Å². The molecule has 0 aromatic heterocycles. The van der Waals surface area contributed by atoms with E-state index in [9.17, 15) is 25.0 Å². The van der Waals surface area contributed by atoms with Crippen LogP contribution in [0.5, 0.6) is 0 Å². The van der Waals surface area contributed by atoms with Crippen molar-refractivity contribution in [3.8, 4) is 6.07 Å². The normalized spacial score (nSPS) is 10.7. The van der Waals surface area contributed by atoms with Crippen molar-refractivity contribution >= 4 is 40.9 Å². The van der Waals surface area contributed by atoms with Gasteiger partial charge in [0.25, 0.3) is 11.6 Å². The molecule has 8 nitrogen and oxygen atoms in total. The summed E-state index contributed by atoms with van der Waals surface area (Å²) in [5.41, 5.74) is -0.638. The van der Waals surface area contributed by atoms with Crippen LogP contribution in [0.2, 0.25) is 5.02 Å². The molecule has 0 heterocycles. The van der Waals surface area contributed by atoms with E-state index in [0.29, 0.717) is 0 Å². The van der Waals surface area contributed by atoms with E-state index in [1.807, 2.05) is 0 Å². The Hall–Kier alpha value is -3.70. The lowest BCUT2D eigenvalue weighted by atomic mass is 10.0. The standard InChI is InChI=1S/C17H10ClN3O5/c18-14-6-5-12(21(25)26)8-15(14)20-16(22)11(9-19)7-10-3-1-2-4-13(10)17(23)24/h1-8H,(H,20,22)(H,23,24)/b11-7+. The molecule has 0 saturated carbocycles. The molecule has 0 fully saturated rings. The molecule has 0 spiro atoms. The molecular weight excluding hydrogens is 362 g/mol. The van der Waals surface area contributed by atoms with E-state index in [0.717, 1.165) is 12.1 Å². The van der Waals surface area contributed by atoms with Gasteiger partial charge in [-0.25, -0.2) is 4.79 Å². The summed E-state index contributed by atoms with van der Waals surface area (Å²) in [6, 6.07) is 11.0. The molecule has 0 aliphatic carbocycles. The number of benzene rings is 2. The first-order valence-electron chi connectivity index (χ1n) is 7.03. The number of aromatic carboxylic acids is 1. The number of halogens is 1. The maximum absolute atomic E-state index is 12.3. The second kappa shape index (κ2) is 7.92. The van der Waals surface area contributed by atoms with Crippen LogP contribution in [0.3, 0.4) is 0 Å². The molecular formula is C17H10ClN3O5. The van der Waals surface area contributed by atoms with Crippen LogP contribution in [0.4, 0.5) is 11.4 Å². The van der Waals surface area contributed by atoms with E-state index in [2.05, 4.69) is 5.32 Å². The summed E-state index contributed by atoms with van der Waals surface area (Å²) in [5, 5.41) is 31.5. The minimum atomic E-state index is -1.21. The zero-order valence-electron chi connectivity index (χ0n) is 13.0. The predicted octanol–water partition coefficient (Wildman–Crippen LogP) is 3.49. The number of nitriles is 1. The summed E-state index contributed by atoms with van der Waals surface area (Å²) in [6.07, 6.45) is 1.12. The monoisotopic (exact) mass is 371 g/mol. The van der Waals surface area contributed by atoms with E-state index in [-0.39, 0.29) is 33.1 Å². The number of nitrogens with zero attached hydrogens (tertiary/aromatic N) is 2. The highest BCUT2D eigenvalue weighted by Crippen LogP contribution is 2.27. The second-order valence-corrected chi connectivity index (χ2v) is 5.34. The summed E-state index contributed by atoms with van der Waals surface area (Å²) in [4.78, 5) is 33.6. The fraction of sp³-hybridized carbons (Fsp3) is 0. The molecule has 0 unspecified atom stereocenters. The number of nitrogens with one attached hydrogen (secondary N) is 1. The van der Waals surface area contributed by atoms with Crippen LogP contribution >= 0.6 is 11.6 Å². The number of anilines is 1. The predicted molar refractivity (Wildman–Crippen MR) is 93.7 cm³/mol. The number of rotatable bonds is 5. The molecule has 2 aromatic rings. The summed E-state index contributed by atoms with van der Waals surface area (Å²) < 4.78 is 0. The number of hydrogen-bond donors (Lipinski definition) is 2. The molecule has 1 amide bonds. The van der Waals surface area contributed by atoms with Gasteiger partial charge in [-0.3, -0.25) is 14.9 Å². The minimum Gasteiger partial charge on any atom is -0.478 e. The van der Waals surface area contributed by atoms with Crippen LogP contribution in [-0.2, 0) is 4.79 Å². The van der Waals surface area contributed by atoms with Crippen molar-refractivity contribution in [2.45, 2.75) is 0 Å². The van der Waals surface area contributed by atoms with Gasteiger partial charge >= 0.3 is 5.97 Å². The smallest absolute Gasteiger partial charge is 0.336 e. The van der Waals surface area contributed by atoms with Crippen molar-refractivity contribution in [2.75, 3.05) is 5.32 Å². The van der Waals surface area contributed by atoms with Gasteiger partial charge in [0.2, 0.25) is 0 Å². The Morgan fingerprint density at radius 1 is 1.27 bits per heavy atom. The Bertz CT molecular complexity index is 979. The summed E-state index contributed by atoms with van der Waals surface area (Å²) in [5.74, 6) is -2.09. The van der Waals surface area contributed by atoms with Gasteiger partial charge in [0.15, 0.2) is 0 Å². The van der Waals surface area contributed by atoms with Crippen LogP contribution in [-0.4, -0.2) is 21.9 Å². The molecule has 0 aliphatic heterocycles. The van der Waals surface area contributed by atoms with E-state index < -0.39 is 16.8 Å². The quantitative estimate of drug-likeness (QED) is 0.357. The van der Waals surface area contributed by atoms with Gasteiger partial charge in [0, 0.05) is 12.1 Å². The van der Waals surface area contributed by atoms with Crippen LogP contribution in [0.25, 0.3) is 6.08 Å². The second-order valence-electron chi connectivity index (χ2n) is 4.94. The SMILES string of the molecule is N#C/C(=C\c1ccccc1C(=O)O)C(=O)Nc1cc([N+](=O)[O-])ccc1Cl. The third-order valence-corrected chi connectivity index (χ3v) is 3.59. The molecule has 0 aliphatic rings. The zero-order chi connectivity index (χ0) is 19.3. The van der Waals surface area contributed by atoms with Crippen LogP contribution < -0.4 is 5.32 Å². The van der Waals surface area contributed by atoms with Gasteiger partial charge in [-0.15, -0.1) is 0 Å². The van der Waals surface area contributed by atoms with Gasteiger partial charge < -0.3 is 10.4 Å². The van der Waals surface area contributed by atoms with Crippen molar-refractivity contribution in [2.24, 2.45) is 0 Å². The van der Waals surface area contributed by atoms with Gasteiger partial charge in [0.1, 0.15) is 11.6 Å². The minimum absolute atomic E-state index is 0.0430. The van der Waals surface area contributed by atoms with E-state index in [1.54, 1.807) is 12.1 Å². The molecule has 26 heavy (non-hydrogen) atoms. The number of non-ortho nitro benzene ring substituents is 1. The lowest BCUT2D eigenvalue weighted by Gasteiger charge is -2.07. The average Bonchev–Trinajstić information content (AvgIpc) is 2.61. The van der Waals surface area contributed by atoms with E-state index >= 15 is 0 Å². The number of nitro groups is 1. The van der Waals surface area contributed by atoms with Crippen molar-refractivity contribution in [1.82, 2.24) is 0 Å². The summed E-state index contributed by atoms with van der Waals surface area (Å²) >= 11 is 5.90. The number of carbonyl (C=O) groups is 2. The highest BCUT2D eigenvalue weighted by molar-refractivity contribution is 6.34. The molecule has 2 aromatic carbocycles. The molecule has 2 rings (SSSR count). The Kier molecular flexibility index (Phi) is 5.67. The molecule has 130 valence electrons. The fourth-order valence-electron chi connectivity index (χ4n) is 2.03. The van der Waals surface area contributed by atoms with Gasteiger partial charge in [0.05, 0.1) is 21.2 Å². The first kappa shape index (κ1) is 18.6. The van der Waals surface area contributed by atoms with Crippen LogP contribution in [0.15, 0.2) is 48.0 Å². The molecule has 0 saturated heterocycles. The molecule has 0 atom stereocenters. The maximum atomic E-state index is 12.3. The Balaban J connectivity index is 2.37. The molecule has 2 N–H and O–H groups in total. The lowest BCUT2D eigenvalue weighted by molar-refractivity contribution is -0.384. The topological polar surface area (TPSA) is 133 Å². The third kappa shape index (κ3) is 4.23. The number of carboxylic acid groups (broad SMARTS) is 1. The fourth-order valence-corrected chi connectivity index (χ4v) is 2.20. The highest BCUT2D eigenvalue weighted by atomic mass is 35.5. The van der Waals surface area contributed by atoms with E-state index in [1.165, 1.54) is 30.3 Å². The number of carbonyl (C=O) groups excluding carboxylic acids is 1. The Morgan fingerprint density at radius 2 is 1.96 bits per heavy atom. The largest absolute Gasteiger partial charge is 0.478 e. The van der Waals surface area contributed by atoms with Crippen LogP contribution in [0.1, 0.15) is 15.9 Å². The van der Waals surface area contributed by atoms with Crippen LogP contribution in [0, 0.1) is 21.4 Å². The number of amides is 1. The van der Waals surface area contributed by atoms with Gasteiger partial charge in [-0.1, -0.05) is 29.8 Å². The van der Waals surface area contributed by atoms with Gasteiger partial charge in [-0.2, -0.15) is 5.26 Å².